The standard InChI is InChI=1S/C55H39NO/c1-55(2)51-19-11-10-18-47(51)48-29-27-43(34-52(48)55)56(42-25-22-38(23-26-42)36-12-4-3-5-13-36)44-28-30-49-45-16-8-9-17-46(45)50-33-41(24-31-53(50)57-54(49)35-44)40-21-20-37-14-6-7-15-39(37)32-40/h3-35H,1-2H3. The molecule has 11 rings (SSSR count). The van der Waals surface area contributed by atoms with Crippen molar-refractivity contribution < 1.29 is 4.74 Å². The van der Waals surface area contributed by atoms with Crippen LogP contribution >= 0.6 is 0 Å². The Morgan fingerprint density at radius 1 is 0.333 bits per heavy atom. The van der Waals surface area contributed by atoms with Gasteiger partial charge in [0.15, 0.2) is 0 Å². The van der Waals surface area contributed by atoms with Crippen molar-refractivity contribution in [1.29, 1.82) is 0 Å². The molecule has 0 bridgehead atoms. The molecule has 0 fully saturated rings. The molecule has 1 aliphatic carbocycles. The second-order valence-electron chi connectivity index (χ2n) is 15.7. The second-order valence-corrected chi connectivity index (χ2v) is 15.7. The lowest BCUT2D eigenvalue weighted by atomic mass is 9.82. The van der Waals surface area contributed by atoms with Crippen LogP contribution in [0, 0.1) is 0 Å². The van der Waals surface area contributed by atoms with E-state index in [0.29, 0.717) is 0 Å². The minimum atomic E-state index is -0.124. The van der Waals surface area contributed by atoms with E-state index in [1.54, 1.807) is 0 Å². The number of hydrogen-bond acceptors (Lipinski definition) is 2. The van der Waals surface area contributed by atoms with Crippen LogP contribution in [-0.4, -0.2) is 0 Å². The lowest BCUT2D eigenvalue weighted by molar-refractivity contribution is 0.488. The fourth-order valence-corrected chi connectivity index (χ4v) is 9.12. The zero-order valence-electron chi connectivity index (χ0n) is 31.9. The maximum absolute atomic E-state index is 7.01. The third kappa shape index (κ3) is 5.48. The summed E-state index contributed by atoms with van der Waals surface area (Å²) in [4.78, 5) is 2.37. The molecule has 2 aliphatic rings. The van der Waals surface area contributed by atoms with Crippen molar-refractivity contribution in [3.05, 3.63) is 211 Å². The molecule has 0 atom stereocenters. The van der Waals surface area contributed by atoms with E-state index in [1.807, 2.05) is 0 Å². The maximum Gasteiger partial charge on any atom is 0.137 e. The van der Waals surface area contributed by atoms with Gasteiger partial charge in [0.25, 0.3) is 0 Å². The molecule has 0 spiro atoms. The first-order valence-electron chi connectivity index (χ1n) is 19.7. The predicted molar refractivity (Wildman–Crippen MR) is 238 cm³/mol. The molecule has 0 amide bonds. The fourth-order valence-electron chi connectivity index (χ4n) is 9.12. The Bertz CT molecular complexity index is 3010. The third-order valence-corrected chi connectivity index (χ3v) is 12.1. The van der Waals surface area contributed by atoms with Crippen molar-refractivity contribution in [3.63, 3.8) is 0 Å². The normalized spacial score (nSPS) is 13.0. The van der Waals surface area contributed by atoms with Gasteiger partial charge in [-0.2, -0.15) is 0 Å². The Hall–Kier alpha value is -7.16. The zero-order chi connectivity index (χ0) is 38.1. The van der Waals surface area contributed by atoms with Crippen LogP contribution in [0.5, 0.6) is 11.5 Å². The van der Waals surface area contributed by atoms with Crippen LogP contribution in [0.4, 0.5) is 17.1 Å². The predicted octanol–water partition coefficient (Wildman–Crippen LogP) is 15.4. The van der Waals surface area contributed by atoms with E-state index >= 15 is 0 Å². The highest BCUT2D eigenvalue weighted by atomic mass is 16.5. The van der Waals surface area contributed by atoms with Gasteiger partial charge in [0.2, 0.25) is 0 Å². The van der Waals surface area contributed by atoms with Crippen molar-refractivity contribution in [2.75, 3.05) is 4.90 Å². The van der Waals surface area contributed by atoms with Crippen molar-refractivity contribution >= 4 is 27.8 Å². The highest BCUT2D eigenvalue weighted by Gasteiger charge is 2.36. The van der Waals surface area contributed by atoms with Gasteiger partial charge in [-0.1, -0.05) is 153 Å². The lowest BCUT2D eigenvalue weighted by Crippen LogP contribution is -2.16. The Morgan fingerprint density at radius 3 is 1.70 bits per heavy atom. The molecule has 0 radical (unpaired) electrons. The fraction of sp³-hybridized carbons (Fsp3) is 0.0545. The van der Waals surface area contributed by atoms with E-state index in [-0.39, 0.29) is 5.41 Å². The van der Waals surface area contributed by atoms with Crippen LogP contribution < -0.4 is 9.64 Å². The molecule has 270 valence electrons. The Labute approximate surface area is 333 Å². The van der Waals surface area contributed by atoms with Gasteiger partial charge >= 0.3 is 0 Å². The van der Waals surface area contributed by atoms with E-state index in [9.17, 15) is 0 Å². The van der Waals surface area contributed by atoms with Crippen LogP contribution in [0.1, 0.15) is 25.0 Å². The van der Waals surface area contributed by atoms with Crippen LogP contribution in [0.15, 0.2) is 200 Å². The van der Waals surface area contributed by atoms with Gasteiger partial charge in [-0.3, -0.25) is 0 Å². The highest BCUT2D eigenvalue weighted by Crippen LogP contribution is 2.52. The summed E-state index contributed by atoms with van der Waals surface area (Å²) in [5.74, 6) is 1.68. The Balaban J connectivity index is 1.05. The summed E-state index contributed by atoms with van der Waals surface area (Å²) in [5, 5.41) is 2.48. The first-order chi connectivity index (χ1) is 28.0. The highest BCUT2D eigenvalue weighted by molar-refractivity contribution is 5.95. The molecule has 0 unspecified atom stereocenters. The monoisotopic (exact) mass is 729 g/mol. The first-order valence-corrected chi connectivity index (χ1v) is 19.7. The SMILES string of the molecule is CC1(C)c2ccccc2-c2ccc(N(c3ccc(-c4ccccc4)cc3)c3ccc4c(c3)Oc3ccc(-c5ccc6ccccc6c5)cc3-c3ccccc3-4)cc21. The Kier molecular flexibility index (Phi) is 7.55. The van der Waals surface area contributed by atoms with E-state index in [2.05, 4.69) is 219 Å². The lowest BCUT2D eigenvalue weighted by Gasteiger charge is -2.29. The van der Waals surface area contributed by atoms with Gasteiger partial charge in [-0.05, 0) is 121 Å². The summed E-state index contributed by atoms with van der Waals surface area (Å²) in [7, 11) is 0. The molecule has 2 nitrogen and oxygen atoms in total. The average Bonchev–Trinajstić information content (AvgIpc) is 3.40. The summed E-state index contributed by atoms with van der Waals surface area (Å²) < 4.78 is 7.01. The molecule has 0 aromatic heterocycles. The molecule has 1 heterocycles. The van der Waals surface area contributed by atoms with Crippen LogP contribution in [0.2, 0.25) is 0 Å². The van der Waals surface area contributed by atoms with Gasteiger partial charge < -0.3 is 9.64 Å². The van der Waals surface area contributed by atoms with Crippen molar-refractivity contribution in [2.24, 2.45) is 0 Å². The molecule has 0 N–H and O–H groups in total. The smallest absolute Gasteiger partial charge is 0.137 e. The summed E-state index contributed by atoms with van der Waals surface area (Å²) in [6, 6.07) is 72.5. The number of anilines is 3. The van der Waals surface area contributed by atoms with Gasteiger partial charge in [0.05, 0.1) is 0 Å². The van der Waals surface area contributed by atoms with E-state index in [0.717, 1.165) is 56.4 Å². The molecule has 57 heavy (non-hydrogen) atoms. The first kappa shape index (κ1) is 33.2. The average molecular weight is 730 g/mol. The summed E-state index contributed by atoms with van der Waals surface area (Å²) in [6.45, 7) is 4.69. The van der Waals surface area contributed by atoms with Gasteiger partial charge in [0.1, 0.15) is 11.5 Å². The number of ether oxygens (including phenoxy) is 1. The molecular formula is C55H39NO. The van der Waals surface area contributed by atoms with Crippen molar-refractivity contribution in [3.8, 4) is 67.1 Å². The number of benzene rings is 9. The summed E-state index contributed by atoms with van der Waals surface area (Å²) >= 11 is 0. The number of rotatable bonds is 5. The quantitative estimate of drug-likeness (QED) is 0.175. The topological polar surface area (TPSA) is 12.5 Å². The minimum absolute atomic E-state index is 0.124. The van der Waals surface area contributed by atoms with Crippen molar-refractivity contribution in [2.45, 2.75) is 19.3 Å². The molecular weight excluding hydrogens is 691 g/mol. The van der Waals surface area contributed by atoms with Gasteiger partial charge in [-0.15, -0.1) is 0 Å². The Morgan fingerprint density at radius 2 is 0.895 bits per heavy atom. The number of fused-ring (bicyclic) bond motifs is 9. The zero-order valence-corrected chi connectivity index (χ0v) is 31.9. The van der Waals surface area contributed by atoms with E-state index in [1.165, 1.54) is 49.7 Å². The molecule has 9 aromatic rings. The molecule has 0 saturated carbocycles. The number of hydrogen-bond donors (Lipinski definition) is 0. The molecule has 2 heteroatoms. The van der Waals surface area contributed by atoms with Gasteiger partial charge in [0, 0.05) is 39.7 Å². The largest absolute Gasteiger partial charge is 0.456 e. The van der Waals surface area contributed by atoms with E-state index < -0.39 is 0 Å². The molecule has 9 aromatic carbocycles. The van der Waals surface area contributed by atoms with Crippen LogP contribution in [-0.2, 0) is 5.41 Å². The van der Waals surface area contributed by atoms with Crippen LogP contribution in [0.25, 0.3) is 66.4 Å². The third-order valence-electron chi connectivity index (χ3n) is 12.1. The second kappa shape index (κ2) is 13.0. The van der Waals surface area contributed by atoms with Crippen molar-refractivity contribution in [1.82, 2.24) is 0 Å². The molecule has 1 aliphatic heterocycles. The maximum atomic E-state index is 7.01. The minimum Gasteiger partial charge on any atom is -0.456 e. The summed E-state index contributed by atoms with van der Waals surface area (Å²) in [5.41, 5.74) is 17.6. The molecule has 0 saturated heterocycles. The van der Waals surface area contributed by atoms with Crippen LogP contribution in [0.3, 0.4) is 0 Å². The van der Waals surface area contributed by atoms with Gasteiger partial charge in [-0.25, -0.2) is 0 Å². The summed E-state index contributed by atoms with van der Waals surface area (Å²) in [6.07, 6.45) is 0. The number of nitrogens with zero attached hydrogens (tertiary/aromatic N) is 1. The van der Waals surface area contributed by atoms with E-state index in [4.69, 9.17) is 4.74 Å².